The number of carbonyl (C=O) groups is 1. The van der Waals surface area contributed by atoms with E-state index in [1.165, 1.54) is 4.88 Å². The number of hydrogen-bond acceptors (Lipinski definition) is 5. The second-order valence-corrected chi connectivity index (χ2v) is 7.70. The van der Waals surface area contributed by atoms with Crippen molar-refractivity contribution in [2.75, 3.05) is 32.8 Å². The Morgan fingerprint density at radius 1 is 1.23 bits per heavy atom. The average molecular weight is 372 g/mol. The molecular formula is C20H24N2O3S. The third kappa shape index (κ3) is 4.02. The minimum absolute atomic E-state index is 0.103. The Balaban J connectivity index is 1.25. The van der Waals surface area contributed by atoms with Gasteiger partial charge in [0.2, 0.25) is 5.91 Å². The second-order valence-electron chi connectivity index (χ2n) is 6.72. The van der Waals surface area contributed by atoms with E-state index in [1.807, 2.05) is 18.2 Å². The zero-order valence-corrected chi connectivity index (χ0v) is 15.6. The SMILES string of the molecule is O=C(CN1CCCC1c1cccs1)NCCc1ccc2c(c1)OCCO2. The fourth-order valence-corrected chi connectivity index (χ4v) is 4.54. The van der Waals surface area contributed by atoms with Crippen LogP contribution in [0, 0.1) is 0 Å². The monoisotopic (exact) mass is 372 g/mol. The number of amides is 1. The third-order valence-electron chi connectivity index (χ3n) is 4.92. The standard InChI is InChI=1S/C20H24N2O3S/c23-20(14-22-9-1-3-16(22)19-4-2-12-26-19)21-8-7-15-5-6-17-18(13-15)25-11-10-24-17/h2,4-6,12-13,16H,1,3,7-11,14H2,(H,21,23). The van der Waals surface area contributed by atoms with E-state index in [0.29, 0.717) is 32.3 Å². The summed E-state index contributed by atoms with van der Waals surface area (Å²) in [5.74, 6) is 1.71. The number of benzene rings is 1. The van der Waals surface area contributed by atoms with E-state index < -0.39 is 0 Å². The topological polar surface area (TPSA) is 50.8 Å². The third-order valence-corrected chi connectivity index (χ3v) is 5.90. The van der Waals surface area contributed by atoms with Crippen LogP contribution in [-0.4, -0.2) is 43.7 Å². The van der Waals surface area contributed by atoms with E-state index in [2.05, 4.69) is 27.7 Å². The van der Waals surface area contributed by atoms with Crippen molar-refractivity contribution in [1.82, 2.24) is 10.2 Å². The van der Waals surface area contributed by atoms with E-state index in [4.69, 9.17) is 9.47 Å². The molecule has 0 radical (unpaired) electrons. The number of ether oxygens (including phenoxy) is 2. The molecule has 0 saturated carbocycles. The van der Waals surface area contributed by atoms with E-state index in [1.54, 1.807) is 11.3 Å². The van der Waals surface area contributed by atoms with Crippen molar-refractivity contribution in [3.8, 4) is 11.5 Å². The van der Waals surface area contributed by atoms with Crippen LogP contribution in [0.1, 0.15) is 29.3 Å². The van der Waals surface area contributed by atoms with Gasteiger partial charge in [0.1, 0.15) is 13.2 Å². The molecule has 2 aromatic rings. The molecule has 1 unspecified atom stereocenters. The maximum Gasteiger partial charge on any atom is 0.234 e. The van der Waals surface area contributed by atoms with Gasteiger partial charge >= 0.3 is 0 Å². The predicted octanol–water partition coefficient (Wildman–Crippen LogP) is 3.02. The summed E-state index contributed by atoms with van der Waals surface area (Å²) in [5, 5.41) is 5.17. The van der Waals surface area contributed by atoms with Gasteiger partial charge in [-0.1, -0.05) is 12.1 Å². The lowest BCUT2D eigenvalue weighted by Crippen LogP contribution is -2.37. The molecule has 1 saturated heterocycles. The van der Waals surface area contributed by atoms with Gasteiger partial charge < -0.3 is 14.8 Å². The Morgan fingerprint density at radius 2 is 2.12 bits per heavy atom. The van der Waals surface area contributed by atoms with Crippen molar-refractivity contribution in [3.05, 3.63) is 46.2 Å². The zero-order valence-electron chi connectivity index (χ0n) is 14.8. The maximum absolute atomic E-state index is 12.3. The number of rotatable bonds is 6. The van der Waals surface area contributed by atoms with Gasteiger partial charge in [-0.05, 0) is 54.9 Å². The summed E-state index contributed by atoms with van der Waals surface area (Å²) in [6, 6.07) is 10.7. The first-order valence-electron chi connectivity index (χ1n) is 9.22. The van der Waals surface area contributed by atoms with Crippen LogP contribution in [0.2, 0.25) is 0 Å². The van der Waals surface area contributed by atoms with Gasteiger partial charge in [-0.15, -0.1) is 11.3 Å². The molecule has 5 nitrogen and oxygen atoms in total. The minimum atomic E-state index is 0.103. The summed E-state index contributed by atoms with van der Waals surface area (Å²) >= 11 is 1.78. The van der Waals surface area contributed by atoms with Gasteiger partial charge in [0.05, 0.1) is 6.54 Å². The highest BCUT2D eigenvalue weighted by Gasteiger charge is 2.28. The van der Waals surface area contributed by atoms with Crippen molar-refractivity contribution in [1.29, 1.82) is 0 Å². The Morgan fingerprint density at radius 3 is 2.96 bits per heavy atom. The lowest BCUT2D eigenvalue weighted by Gasteiger charge is -2.23. The van der Waals surface area contributed by atoms with Crippen molar-refractivity contribution in [3.63, 3.8) is 0 Å². The lowest BCUT2D eigenvalue weighted by molar-refractivity contribution is -0.122. The molecule has 1 N–H and O–H groups in total. The molecule has 6 heteroatoms. The molecule has 1 aromatic carbocycles. The summed E-state index contributed by atoms with van der Waals surface area (Å²) in [7, 11) is 0. The molecule has 0 bridgehead atoms. The van der Waals surface area contributed by atoms with Crippen LogP contribution in [0.5, 0.6) is 11.5 Å². The highest BCUT2D eigenvalue weighted by Crippen LogP contribution is 2.34. The van der Waals surface area contributed by atoms with Crippen LogP contribution in [0.15, 0.2) is 35.7 Å². The fraction of sp³-hybridized carbons (Fsp3) is 0.450. The van der Waals surface area contributed by atoms with Gasteiger partial charge in [0, 0.05) is 17.5 Å². The van der Waals surface area contributed by atoms with Gasteiger partial charge in [0.15, 0.2) is 11.5 Å². The van der Waals surface area contributed by atoms with Crippen molar-refractivity contribution < 1.29 is 14.3 Å². The number of fused-ring (bicyclic) bond motifs is 1. The highest BCUT2D eigenvalue weighted by molar-refractivity contribution is 7.10. The molecule has 0 aliphatic carbocycles. The van der Waals surface area contributed by atoms with Crippen LogP contribution < -0.4 is 14.8 Å². The molecule has 0 spiro atoms. The first-order valence-corrected chi connectivity index (χ1v) is 10.1. The first-order chi connectivity index (χ1) is 12.8. The van der Waals surface area contributed by atoms with Gasteiger partial charge in [-0.3, -0.25) is 9.69 Å². The normalized spacial score (nSPS) is 19.5. The molecule has 26 heavy (non-hydrogen) atoms. The molecule has 4 rings (SSSR count). The first kappa shape index (κ1) is 17.4. The van der Waals surface area contributed by atoms with E-state index in [-0.39, 0.29) is 5.91 Å². The summed E-state index contributed by atoms with van der Waals surface area (Å²) in [5.41, 5.74) is 1.15. The van der Waals surface area contributed by atoms with Crippen molar-refractivity contribution in [2.24, 2.45) is 0 Å². The van der Waals surface area contributed by atoms with Crippen LogP contribution in [-0.2, 0) is 11.2 Å². The molecule has 1 aromatic heterocycles. The molecule has 1 fully saturated rings. The van der Waals surface area contributed by atoms with E-state index >= 15 is 0 Å². The summed E-state index contributed by atoms with van der Waals surface area (Å²) in [4.78, 5) is 16.0. The number of nitrogens with zero attached hydrogens (tertiary/aromatic N) is 1. The highest BCUT2D eigenvalue weighted by atomic mass is 32.1. The van der Waals surface area contributed by atoms with Gasteiger partial charge in [-0.2, -0.15) is 0 Å². The van der Waals surface area contributed by atoms with E-state index in [9.17, 15) is 4.79 Å². The fourth-order valence-electron chi connectivity index (χ4n) is 3.65. The molecule has 3 heterocycles. The van der Waals surface area contributed by atoms with Gasteiger partial charge in [-0.25, -0.2) is 0 Å². The lowest BCUT2D eigenvalue weighted by atomic mass is 10.1. The Hall–Kier alpha value is -2.05. The molecule has 138 valence electrons. The Labute approximate surface area is 157 Å². The largest absolute Gasteiger partial charge is 0.486 e. The second kappa shape index (κ2) is 8.10. The quantitative estimate of drug-likeness (QED) is 0.847. The smallest absolute Gasteiger partial charge is 0.234 e. The molecular weight excluding hydrogens is 348 g/mol. The minimum Gasteiger partial charge on any atom is -0.486 e. The summed E-state index contributed by atoms with van der Waals surface area (Å²) < 4.78 is 11.1. The molecule has 1 amide bonds. The zero-order chi connectivity index (χ0) is 17.8. The number of carbonyl (C=O) groups excluding carboxylic acids is 1. The number of nitrogens with one attached hydrogen (secondary N) is 1. The number of likely N-dealkylation sites (tertiary alicyclic amines) is 1. The van der Waals surface area contributed by atoms with Crippen LogP contribution >= 0.6 is 11.3 Å². The number of thiophene rings is 1. The summed E-state index contributed by atoms with van der Waals surface area (Å²) in [6.07, 6.45) is 3.09. The van der Waals surface area contributed by atoms with Gasteiger partial charge in [0.25, 0.3) is 0 Å². The van der Waals surface area contributed by atoms with Crippen molar-refractivity contribution >= 4 is 17.2 Å². The summed E-state index contributed by atoms with van der Waals surface area (Å²) in [6.45, 7) is 3.30. The van der Waals surface area contributed by atoms with Crippen molar-refractivity contribution in [2.45, 2.75) is 25.3 Å². The van der Waals surface area contributed by atoms with Crippen LogP contribution in [0.3, 0.4) is 0 Å². The van der Waals surface area contributed by atoms with Crippen LogP contribution in [0.4, 0.5) is 0 Å². The maximum atomic E-state index is 12.3. The Kier molecular flexibility index (Phi) is 5.41. The predicted molar refractivity (Wildman–Crippen MR) is 102 cm³/mol. The molecule has 2 aliphatic rings. The van der Waals surface area contributed by atoms with Crippen LogP contribution in [0.25, 0.3) is 0 Å². The van der Waals surface area contributed by atoms with E-state index in [0.717, 1.165) is 42.9 Å². The number of hydrogen-bond donors (Lipinski definition) is 1. The Bertz CT molecular complexity index is 748. The average Bonchev–Trinajstić information content (AvgIpc) is 3.33. The molecule has 2 aliphatic heterocycles. The molecule has 1 atom stereocenters.